The highest BCUT2D eigenvalue weighted by atomic mass is 16.5. The van der Waals surface area contributed by atoms with Gasteiger partial charge >= 0.3 is 5.97 Å². The third-order valence-corrected chi connectivity index (χ3v) is 3.24. The smallest absolute Gasteiger partial charge is 0.337 e. The number of hydrogen-bond acceptors (Lipinski definition) is 2. The molecule has 0 fully saturated rings. The highest BCUT2D eigenvalue weighted by Crippen LogP contribution is 2.11. The highest BCUT2D eigenvalue weighted by molar-refractivity contribution is 5.92. The second-order valence-corrected chi connectivity index (χ2v) is 4.91. The molecule has 0 saturated heterocycles. The average Bonchev–Trinajstić information content (AvgIpc) is 2.90. The predicted octanol–water partition coefficient (Wildman–Crippen LogP) is 4.56. The van der Waals surface area contributed by atoms with Gasteiger partial charge < -0.3 is 4.74 Å². The minimum atomic E-state index is -0.160. The van der Waals surface area contributed by atoms with Crippen LogP contribution in [0, 0.1) is 0 Å². The SMILES string of the molecule is CCCCCCCCCCOC(=O)C1=CCC=C1. The first-order chi connectivity index (χ1) is 8.84. The Kier molecular flexibility index (Phi) is 8.28. The number of carbonyl (C=O) groups is 1. The third kappa shape index (κ3) is 6.63. The number of allylic oxidation sites excluding steroid dienone is 2. The van der Waals surface area contributed by atoms with E-state index in [1.807, 2.05) is 18.2 Å². The predicted molar refractivity (Wildman–Crippen MR) is 75.4 cm³/mol. The molecule has 0 aromatic carbocycles. The highest BCUT2D eigenvalue weighted by Gasteiger charge is 2.09. The Morgan fingerprint density at radius 1 is 1.11 bits per heavy atom. The molecular formula is C16H26O2. The topological polar surface area (TPSA) is 26.3 Å². The van der Waals surface area contributed by atoms with Crippen LogP contribution >= 0.6 is 0 Å². The summed E-state index contributed by atoms with van der Waals surface area (Å²) in [4.78, 5) is 11.5. The minimum absolute atomic E-state index is 0.160. The van der Waals surface area contributed by atoms with Crippen LogP contribution < -0.4 is 0 Å². The fourth-order valence-corrected chi connectivity index (χ4v) is 2.09. The van der Waals surface area contributed by atoms with E-state index in [9.17, 15) is 4.79 Å². The Hall–Kier alpha value is -1.05. The van der Waals surface area contributed by atoms with Crippen molar-refractivity contribution in [3.63, 3.8) is 0 Å². The summed E-state index contributed by atoms with van der Waals surface area (Å²) in [5.41, 5.74) is 0.717. The molecule has 0 radical (unpaired) electrons. The van der Waals surface area contributed by atoms with Gasteiger partial charge in [0.25, 0.3) is 0 Å². The Balaban J connectivity index is 1.86. The molecule has 2 heteroatoms. The molecule has 0 unspecified atom stereocenters. The van der Waals surface area contributed by atoms with Gasteiger partial charge in [-0.3, -0.25) is 0 Å². The molecule has 1 aliphatic carbocycles. The molecule has 0 amide bonds. The minimum Gasteiger partial charge on any atom is -0.462 e. The maximum Gasteiger partial charge on any atom is 0.337 e. The van der Waals surface area contributed by atoms with Gasteiger partial charge in [0.1, 0.15) is 0 Å². The van der Waals surface area contributed by atoms with Crippen molar-refractivity contribution in [3.8, 4) is 0 Å². The van der Waals surface area contributed by atoms with Gasteiger partial charge in [-0.15, -0.1) is 0 Å². The maximum absolute atomic E-state index is 11.5. The normalized spacial score (nSPS) is 13.7. The van der Waals surface area contributed by atoms with Crippen LogP contribution in [0.2, 0.25) is 0 Å². The van der Waals surface area contributed by atoms with Crippen molar-refractivity contribution in [1.82, 2.24) is 0 Å². The van der Waals surface area contributed by atoms with Gasteiger partial charge in [0.2, 0.25) is 0 Å². The molecule has 0 saturated carbocycles. The zero-order valence-corrected chi connectivity index (χ0v) is 11.6. The molecule has 18 heavy (non-hydrogen) atoms. The van der Waals surface area contributed by atoms with E-state index in [0.29, 0.717) is 6.61 Å². The van der Waals surface area contributed by atoms with E-state index in [2.05, 4.69) is 6.92 Å². The van der Waals surface area contributed by atoms with Crippen LogP contribution in [0.1, 0.15) is 64.7 Å². The van der Waals surface area contributed by atoms with Gasteiger partial charge in [-0.2, -0.15) is 0 Å². The first-order valence-electron chi connectivity index (χ1n) is 7.38. The van der Waals surface area contributed by atoms with E-state index in [1.165, 1.54) is 44.9 Å². The lowest BCUT2D eigenvalue weighted by atomic mass is 10.1. The molecule has 0 aromatic heterocycles. The number of ether oxygens (including phenoxy) is 1. The van der Waals surface area contributed by atoms with Gasteiger partial charge in [-0.05, 0) is 12.8 Å². The lowest BCUT2D eigenvalue weighted by Crippen LogP contribution is -2.06. The summed E-state index contributed by atoms with van der Waals surface area (Å²) in [6.45, 7) is 2.81. The van der Waals surface area contributed by atoms with Gasteiger partial charge in [0, 0.05) is 0 Å². The van der Waals surface area contributed by atoms with Crippen molar-refractivity contribution in [2.75, 3.05) is 6.61 Å². The number of carbonyl (C=O) groups excluding carboxylic acids is 1. The summed E-state index contributed by atoms with van der Waals surface area (Å²) in [6, 6.07) is 0. The standard InChI is InChI=1S/C16H26O2/c1-2-3-4-5-6-7-8-11-14-18-16(17)15-12-9-10-13-15/h9,12-13H,2-8,10-11,14H2,1H3. The number of hydrogen-bond donors (Lipinski definition) is 0. The number of esters is 1. The zero-order chi connectivity index (χ0) is 13.1. The maximum atomic E-state index is 11.5. The molecule has 0 spiro atoms. The van der Waals surface area contributed by atoms with Crippen molar-refractivity contribution >= 4 is 5.97 Å². The summed E-state index contributed by atoms with van der Waals surface area (Å²) in [7, 11) is 0. The molecule has 0 bridgehead atoms. The molecule has 0 heterocycles. The monoisotopic (exact) mass is 250 g/mol. The van der Waals surface area contributed by atoms with E-state index >= 15 is 0 Å². The molecule has 1 aliphatic rings. The zero-order valence-electron chi connectivity index (χ0n) is 11.6. The van der Waals surface area contributed by atoms with Crippen LogP contribution in [-0.4, -0.2) is 12.6 Å². The lowest BCUT2D eigenvalue weighted by molar-refractivity contribution is -0.138. The Morgan fingerprint density at radius 3 is 2.39 bits per heavy atom. The second-order valence-electron chi connectivity index (χ2n) is 4.91. The third-order valence-electron chi connectivity index (χ3n) is 3.24. The van der Waals surface area contributed by atoms with Crippen molar-refractivity contribution in [2.24, 2.45) is 0 Å². The Morgan fingerprint density at radius 2 is 1.78 bits per heavy atom. The Labute approximate surface area is 111 Å². The van der Waals surface area contributed by atoms with Crippen LogP contribution in [-0.2, 0) is 9.53 Å². The van der Waals surface area contributed by atoms with Crippen molar-refractivity contribution in [3.05, 3.63) is 23.8 Å². The first-order valence-corrected chi connectivity index (χ1v) is 7.38. The van der Waals surface area contributed by atoms with Gasteiger partial charge in [0.15, 0.2) is 0 Å². The molecule has 0 N–H and O–H groups in total. The number of unbranched alkanes of at least 4 members (excludes halogenated alkanes) is 7. The van der Waals surface area contributed by atoms with Crippen molar-refractivity contribution in [2.45, 2.75) is 64.7 Å². The van der Waals surface area contributed by atoms with E-state index < -0.39 is 0 Å². The summed E-state index contributed by atoms with van der Waals surface area (Å²) >= 11 is 0. The summed E-state index contributed by atoms with van der Waals surface area (Å²) < 4.78 is 5.21. The summed E-state index contributed by atoms with van der Waals surface area (Å²) in [5.74, 6) is -0.160. The number of rotatable bonds is 10. The van der Waals surface area contributed by atoms with Crippen LogP contribution in [0.3, 0.4) is 0 Å². The van der Waals surface area contributed by atoms with E-state index in [0.717, 1.165) is 18.4 Å². The van der Waals surface area contributed by atoms with Gasteiger partial charge in [0.05, 0.1) is 12.2 Å². The second kappa shape index (κ2) is 9.93. The van der Waals surface area contributed by atoms with Gasteiger partial charge in [-0.25, -0.2) is 4.79 Å². The largest absolute Gasteiger partial charge is 0.462 e. The lowest BCUT2D eigenvalue weighted by Gasteiger charge is -2.04. The fourth-order valence-electron chi connectivity index (χ4n) is 2.09. The van der Waals surface area contributed by atoms with Crippen molar-refractivity contribution in [1.29, 1.82) is 0 Å². The van der Waals surface area contributed by atoms with Crippen LogP contribution in [0.15, 0.2) is 23.8 Å². The molecule has 2 nitrogen and oxygen atoms in total. The first kappa shape index (κ1) is 15.0. The van der Waals surface area contributed by atoms with E-state index in [1.54, 1.807) is 0 Å². The summed E-state index contributed by atoms with van der Waals surface area (Å²) in [6.07, 6.45) is 16.7. The molecule has 1 rings (SSSR count). The van der Waals surface area contributed by atoms with E-state index in [4.69, 9.17) is 4.74 Å². The van der Waals surface area contributed by atoms with Gasteiger partial charge in [-0.1, -0.05) is 70.1 Å². The van der Waals surface area contributed by atoms with Crippen molar-refractivity contribution < 1.29 is 9.53 Å². The molecule has 0 aromatic rings. The summed E-state index contributed by atoms with van der Waals surface area (Å²) in [5, 5.41) is 0. The molecule has 102 valence electrons. The Bertz CT molecular complexity index is 289. The quantitative estimate of drug-likeness (QED) is 0.420. The average molecular weight is 250 g/mol. The van der Waals surface area contributed by atoms with E-state index in [-0.39, 0.29) is 5.97 Å². The van der Waals surface area contributed by atoms with Crippen LogP contribution in [0.5, 0.6) is 0 Å². The fraction of sp³-hybridized carbons (Fsp3) is 0.688. The molecular weight excluding hydrogens is 224 g/mol. The molecule has 0 atom stereocenters. The molecule has 0 aliphatic heterocycles. The van der Waals surface area contributed by atoms with Crippen LogP contribution in [0.25, 0.3) is 0 Å². The van der Waals surface area contributed by atoms with Crippen LogP contribution in [0.4, 0.5) is 0 Å².